The molecule has 0 radical (unpaired) electrons. The number of rotatable bonds is 11. The highest BCUT2D eigenvalue weighted by atomic mass is 127. The summed E-state index contributed by atoms with van der Waals surface area (Å²) in [4.78, 5) is 21.0. The van der Waals surface area contributed by atoms with Crippen LogP contribution in [0.1, 0.15) is 65.7 Å². The van der Waals surface area contributed by atoms with E-state index in [1.54, 1.807) is 4.90 Å². The van der Waals surface area contributed by atoms with Crippen LogP contribution in [-0.4, -0.2) is 74.0 Å². The molecule has 0 bridgehead atoms. The smallest absolute Gasteiger partial charge is 0.239 e. The normalized spacial score (nSPS) is 18.7. The molecule has 160 valence electrons. The Hall–Kier alpha value is -0.570. The van der Waals surface area contributed by atoms with Gasteiger partial charge in [-0.3, -0.25) is 14.7 Å². The van der Waals surface area contributed by atoms with Gasteiger partial charge in [0.05, 0.1) is 6.04 Å². The number of carbonyl (C=O) groups is 1. The molecule has 0 spiro atoms. The van der Waals surface area contributed by atoms with E-state index in [9.17, 15) is 4.79 Å². The molecule has 0 saturated carbocycles. The highest BCUT2D eigenvalue weighted by molar-refractivity contribution is 14.0. The van der Waals surface area contributed by atoms with Crippen LogP contribution in [0.25, 0.3) is 0 Å². The van der Waals surface area contributed by atoms with Crippen molar-refractivity contribution in [2.24, 2.45) is 4.99 Å². The maximum absolute atomic E-state index is 12.2. The average molecular weight is 495 g/mol. The maximum Gasteiger partial charge on any atom is 0.239 e. The maximum atomic E-state index is 12.2. The molecule has 2 N–H and O–H groups in total. The minimum atomic E-state index is 0. The average Bonchev–Trinajstić information content (AvgIpc) is 3.06. The van der Waals surface area contributed by atoms with Crippen molar-refractivity contribution in [3.05, 3.63) is 0 Å². The lowest BCUT2D eigenvalue weighted by molar-refractivity contribution is -0.133. The minimum absolute atomic E-state index is 0. The molecule has 0 aromatic heterocycles. The molecule has 1 heterocycles. The number of hydrogen-bond donors (Lipinski definition) is 2. The molecule has 1 saturated heterocycles. The second kappa shape index (κ2) is 15.4. The van der Waals surface area contributed by atoms with E-state index in [1.165, 1.54) is 25.7 Å². The van der Waals surface area contributed by atoms with E-state index in [0.29, 0.717) is 6.04 Å². The Morgan fingerprint density at radius 2 is 2.00 bits per heavy atom. The molecule has 1 fully saturated rings. The number of amides is 1. The van der Waals surface area contributed by atoms with E-state index in [0.717, 1.165) is 51.4 Å². The summed E-state index contributed by atoms with van der Waals surface area (Å²) in [5, 5.41) is 6.85. The lowest BCUT2D eigenvalue weighted by Crippen LogP contribution is -2.43. The van der Waals surface area contributed by atoms with Gasteiger partial charge in [0, 0.05) is 39.8 Å². The molecule has 0 aromatic rings. The highest BCUT2D eigenvalue weighted by Crippen LogP contribution is 2.18. The molecule has 7 heteroatoms. The third-order valence-electron chi connectivity index (χ3n) is 4.93. The van der Waals surface area contributed by atoms with Crippen molar-refractivity contribution in [3.63, 3.8) is 0 Å². The summed E-state index contributed by atoms with van der Waals surface area (Å²) >= 11 is 0. The van der Waals surface area contributed by atoms with Gasteiger partial charge in [0.2, 0.25) is 5.91 Å². The molecule has 1 rings (SSSR count). The van der Waals surface area contributed by atoms with Gasteiger partial charge in [-0.2, -0.15) is 0 Å². The molecule has 0 aromatic carbocycles. The Kier molecular flexibility index (Phi) is 15.0. The highest BCUT2D eigenvalue weighted by Gasteiger charge is 2.30. The van der Waals surface area contributed by atoms with Crippen molar-refractivity contribution in [1.82, 2.24) is 20.4 Å². The van der Waals surface area contributed by atoms with Gasteiger partial charge in [-0.25, -0.2) is 0 Å². The first-order chi connectivity index (χ1) is 12.5. The summed E-state index contributed by atoms with van der Waals surface area (Å²) in [6.07, 6.45) is 8.09. The Morgan fingerprint density at radius 1 is 1.26 bits per heavy atom. The van der Waals surface area contributed by atoms with Gasteiger partial charge in [-0.05, 0) is 46.1 Å². The van der Waals surface area contributed by atoms with E-state index in [4.69, 9.17) is 4.99 Å². The minimum Gasteiger partial charge on any atom is -0.357 e. The van der Waals surface area contributed by atoms with Crippen LogP contribution in [0.4, 0.5) is 0 Å². The second-order valence-corrected chi connectivity index (χ2v) is 7.58. The van der Waals surface area contributed by atoms with Crippen molar-refractivity contribution in [3.8, 4) is 0 Å². The monoisotopic (exact) mass is 495 g/mol. The van der Waals surface area contributed by atoms with E-state index in [2.05, 4.69) is 36.3 Å². The predicted octanol–water partition coefficient (Wildman–Crippen LogP) is 3.07. The first kappa shape index (κ1) is 26.4. The topological polar surface area (TPSA) is 60.0 Å². The zero-order chi connectivity index (χ0) is 19.4. The fraction of sp³-hybridized carbons (Fsp3) is 0.900. The van der Waals surface area contributed by atoms with E-state index < -0.39 is 0 Å². The number of likely N-dealkylation sites (tertiary alicyclic amines) is 1. The van der Waals surface area contributed by atoms with Crippen molar-refractivity contribution in [1.29, 1.82) is 0 Å². The van der Waals surface area contributed by atoms with Gasteiger partial charge < -0.3 is 15.5 Å². The quantitative estimate of drug-likeness (QED) is 0.200. The first-order valence-electron chi connectivity index (χ1n) is 10.5. The zero-order valence-electron chi connectivity index (χ0n) is 18.1. The Bertz CT molecular complexity index is 431. The largest absolute Gasteiger partial charge is 0.357 e. The SMILES string of the molecule is CCCCCC(C)NC(=NCCCN1CCCC1C(=O)N(C)C)NCC.I. The first-order valence-corrected chi connectivity index (χ1v) is 10.5. The lowest BCUT2D eigenvalue weighted by Gasteiger charge is -2.25. The van der Waals surface area contributed by atoms with Crippen molar-refractivity contribution >= 4 is 35.8 Å². The summed E-state index contributed by atoms with van der Waals surface area (Å²) in [5.74, 6) is 1.15. The molecule has 1 amide bonds. The van der Waals surface area contributed by atoms with Gasteiger partial charge in [0.15, 0.2) is 5.96 Å². The second-order valence-electron chi connectivity index (χ2n) is 7.58. The third-order valence-corrected chi connectivity index (χ3v) is 4.93. The number of likely N-dealkylation sites (N-methyl/N-ethyl adjacent to an activating group) is 1. The molecule has 0 aliphatic carbocycles. The third kappa shape index (κ3) is 10.5. The number of aliphatic imine (C=N–C) groups is 1. The van der Waals surface area contributed by atoms with Crippen molar-refractivity contribution in [2.45, 2.75) is 77.8 Å². The summed E-state index contributed by atoms with van der Waals surface area (Å²) in [5.41, 5.74) is 0. The van der Waals surface area contributed by atoms with E-state index >= 15 is 0 Å². The van der Waals surface area contributed by atoms with Crippen LogP contribution >= 0.6 is 24.0 Å². The molecule has 2 unspecified atom stereocenters. The van der Waals surface area contributed by atoms with Gasteiger partial charge in [0.25, 0.3) is 0 Å². The van der Waals surface area contributed by atoms with E-state index in [1.807, 2.05) is 14.1 Å². The number of nitrogens with one attached hydrogen (secondary N) is 2. The van der Waals surface area contributed by atoms with E-state index in [-0.39, 0.29) is 35.9 Å². The fourth-order valence-electron chi connectivity index (χ4n) is 3.46. The number of nitrogens with zero attached hydrogens (tertiary/aromatic N) is 3. The Labute approximate surface area is 183 Å². The fourth-order valence-corrected chi connectivity index (χ4v) is 3.46. The Morgan fingerprint density at radius 3 is 2.63 bits per heavy atom. The van der Waals surface area contributed by atoms with Crippen LogP contribution in [0.3, 0.4) is 0 Å². The number of hydrogen-bond acceptors (Lipinski definition) is 3. The predicted molar refractivity (Wildman–Crippen MR) is 126 cm³/mol. The summed E-state index contributed by atoms with van der Waals surface area (Å²) < 4.78 is 0. The van der Waals surface area contributed by atoms with Gasteiger partial charge in [0.1, 0.15) is 0 Å². The summed E-state index contributed by atoms with van der Waals surface area (Å²) in [7, 11) is 3.69. The standard InChI is InChI=1S/C20H41N5O.HI/c1-6-8-9-12-17(3)23-20(21-7-2)22-14-11-16-25-15-10-13-18(25)19(26)24(4)5;/h17-18H,6-16H2,1-5H3,(H2,21,22,23);1H. The Balaban J connectivity index is 0.00000676. The number of carbonyl (C=O) groups excluding carboxylic acids is 1. The molecule has 6 nitrogen and oxygen atoms in total. The van der Waals surface area contributed by atoms with Crippen LogP contribution in [0, 0.1) is 0 Å². The van der Waals surface area contributed by atoms with Crippen LogP contribution < -0.4 is 10.6 Å². The number of guanidine groups is 1. The van der Waals surface area contributed by atoms with Gasteiger partial charge in [-0.1, -0.05) is 26.2 Å². The number of halogens is 1. The van der Waals surface area contributed by atoms with Crippen LogP contribution in [0.15, 0.2) is 4.99 Å². The summed E-state index contributed by atoms with van der Waals surface area (Å²) in [6, 6.07) is 0.513. The molecular weight excluding hydrogens is 453 g/mol. The van der Waals surface area contributed by atoms with Crippen molar-refractivity contribution < 1.29 is 4.79 Å². The molecule has 2 atom stereocenters. The van der Waals surface area contributed by atoms with Gasteiger partial charge in [-0.15, -0.1) is 24.0 Å². The molecule has 27 heavy (non-hydrogen) atoms. The zero-order valence-corrected chi connectivity index (χ0v) is 20.4. The molecule has 1 aliphatic heterocycles. The molecule has 1 aliphatic rings. The molecular formula is C20H42IN5O. The summed E-state index contributed by atoms with van der Waals surface area (Å²) in [6.45, 7) is 10.2. The van der Waals surface area contributed by atoms with Crippen LogP contribution in [-0.2, 0) is 4.79 Å². The van der Waals surface area contributed by atoms with Gasteiger partial charge >= 0.3 is 0 Å². The van der Waals surface area contributed by atoms with Crippen LogP contribution in [0.5, 0.6) is 0 Å². The lowest BCUT2D eigenvalue weighted by atomic mass is 10.1. The van der Waals surface area contributed by atoms with Crippen molar-refractivity contribution in [2.75, 3.05) is 40.3 Å². The number of unbranched alkanes of at least 4 members (excludes halogenated alkanes) is 2. The van der Waals surface area contributed by atoms with Crippen LogP contribution in [0.2, 0.25) is 0 Å².